The summed E-state index contributed by atoms with van der Waals surface area (Å²) in [5.74, 6) is 0. The predicted octanol–water partition coefficient (Wildman–Crippen LogP) is 3.13. The maximum atomic E-state index is 3.47. The van der Waals surface area contributed by atoms with Gasteiger partial charge in [-0.05, 0) is 45.3 Å². The van der Waals surface area contributed by atoms with Crippen LogP contribution < -0.4 is 5.32 Å². The minimum Gasteiger partial charge on any atom is -0.312 e. The van der Waals surface area contributed by atoms with E-state index >= 15 is 0 Å². The van der Waals surface area contributed by atoms with Crippen molar-refractivity contribution in [3.8, 4) is 0 Å². The summed E-state index contributed by atoms with van der Waals surface area (Å²) in [6.07, 6.45) is 4.02. The minimum atomic E-state index is 0.456. The summed E-state index contributed by atoms with van der Waals surface area (Å²) in [6.45, 7) is 6.86. The molecule has 0 saturated carbocycles. The molecule has 1 aromatic carbocycles. The number of hydrogen-bond acceptors (Lipinski definition) is 2. The summed E-state index contributed by atoms with van der Waals surface area (Å²) in [5.41, 5.74) is 2.74. The molecule has 0 aromatic heterocycles. The van der Waals surface area contributed by atoms with Gasteiger partial charge >= 0.3 is 0 Å². The zero-order valence-corrected chi connectivity index (χ0v) is 11.9. The Morgan fingerprint density at radius 3 is 2.67 bits per heavy atom. The number of hydrogen-bond donors (Lipinski definition) is 1. The molecule has 0 bridgehead atoms. The number of likely N-dealkylation sites (tertiary alicyclic amines) is 1. The van der Waals surface area contributed by atoms with Gasteiger partial charge in [-0.15, -0.1) is 0 Å². The molecule has 100 valence electrons. The van der Waals surface area contributed by atoms with Crippen LogP contribution in [-0.2, 0) is 0 Å². The van der Waals surface area contributed by atoms with Crippen LogP contribution in [0.15, 0.2) is 24.3 Å². The van der Waals surface area contributed by atoms with Crippen LogP contribution in [0.2, 0.25) is 0 Å². The fraction of sp³-hybridized carbons (Fsp3) is 0.625. The molecule has 18 heavy (non-hydrogen) atoms. The fourth-order valence-corrected chi connectivity index (χ4v) is 2.99. The SMILES string of the molecule is CCC1CCCN1CC(NC)c1ccc(C)cc1. The molecule has 1 saturated heterocycles. The standard InChI is InChI=1S/C16H26N2/c1-4-15-6-5-11-18(15)12-16(17-3)14-9-7-13(2)8-10-14/h7-10,15-17H,4-6,11-12H2,1-3H3. The second-order valence-corrected chi connectivity index (χ2v) is 5.45. The van der Waals surface area contributed by atoms with Gasteiger partial charge in [0.05, 0.1) is 0 Å². The first-order valence-electron chi connectivity index (χ1n) is 7.22. The van der Waals surface area contributed by atoms with E-state index < -0.39 is 0 Å². The highest BCUT2D eigenvalue weighted by Crippen LogP contribution is 2.23. The van der Waals surface area contributed by atoms with Crippen molar-refractivity contribution in [1.29, 1.82) is 0 Å². The third-order valence-corrected chi connectivity index (χ3v) is 4.22. The van der Waals surface area contributed by atoms with Gasteiger partial charge in [-0.3, -0.25) is 4.90 Å². The van der Waals surface area contributed by atoms with Gasteiger partial charge < -0.3 is 5.32 Å². The van der Waals surface area contributed by atoms with Crippen molar-refractivity contribution in [2.24, 2.45) is 0 Å². The average Bonchev–Trinajstić information content (AvgIpc) is 2.84. The van der Waals surface area contributed by atoms with E-state index in [0.29, 0.717) is 6.04 Å². The number of benzene rings is 1. The Bertz CT molecular complexity index is 358. The van der Waals surface area contributed by atoms with Crippen molar-refractivity contribution in [3.05, 3.63) is 35.4 Å². The van der Waals surface area contributed by atoms with Gasteiger partial charge in [-0.1, -0.05) is 36.8 Å². The molecule has 0 radical (unpaired) electrons. The zero-order chi connectivity index (χ0) is 13.0. The van der Waals surface area contributed by atoms with E-state index in [1.54, 1.807) is 0 Å². The molecule has 2 nitrogen and oxygen atoms in total. The second-order valence-electron chi connectivity index (χ2n) is 5.45. The minimum absolute atomic E-state index is 0.456. The van der Waals surface area contributed by atoms with Crippen molar-refractivity contribution in [2.45, 2.75) is 45.2 Å². The Hall–Kier alpha value is -0.860. The lowest BCUT2D eigenvalue weighted by Gasteiger charge is -2.28. The van der Waals surface area contributed by atoms with Crippen LogP contribution in [-0.4, -0.2) is 31.1 Å². The molecule has 1 heterocycles. The molecule has 0 spiro atoms. The lowest BCUT2D eigenvalue weighted by atomic mass is 10.0. The summed E-state index contributed by atoms with van der Waals surface area (Å²) in [5, 5.41) is 3.47. The fourth-order valence-electron chi connectivity index (χ4n) is 2.99. The molecular weight excluding hydrogens is 220 g/mol. The second kappa shape index (κ2) is 6.35. The Labute approximate surface area is 111 Å². The van der Waals surface area contributed by atoms with E-state index in [2.05, 4.69) is 55.4 Å². The molecule has 2 heteroatoms. The Morgan fingerprint density at radius 1 is 1.33 bits per heavy atom. The van der Waals surface area contributed by atoms with Crippen LogP contribution in [0.3, 0.4) is 0 Å². The molecule has 1 fully saturated rings. The molecule has 1 N–H and O–H groups in total. The maximum absolute atomic E-state index is 3.47. The van der Waals surface area contributed by atoms with Crippen LogP contribution in [0, 0.1) is 6.92 Å². The quantitative estimate of drug-likeness (QED) is 0.858. The molecule has 1 aliphatic heterocycles. The van der Waals surface area contributed by atoms with Crippen molar-refractivity contribution < 1.29 is 0 Å². The highest BCUT2D eigenvalue weighted by atomic mass is 15.2. The Balaban J connectivity index is 2.02. The highest BCUT2D eigenvalue weighted by Gasteiger charge is 2.25. The third kappa shape index (κ3) is 3.12. The third-order valence-electron chi connectivity index (χ3n) is 4.22. The molecule has 2 rings (SSSR count). The zero-order valence-electron chi connectivity index (χ0n) is 11.9. The van der Waals surface area contributed by atoms with Gasteiger partial charge in [0.25, 0.3) is 0 Å². The predicted molar refractivity (Wildman–Crippen MR) is 77.9 cm³/mol. The van der Waals surface area contributed by atoms with Crippen molar-refractivity contribution in [1.82, 2.24) is 10.2 Å². The van der Waals surface area contributed by atoms with Crippen molar-refractivity contribution in [3.63, 3.8) is 0 Å². The van der Waals surface area contributed by atoms with E-state index in [9.17, 15) is 0 Å². The van der Waals surface area contributed by atoms with Crippen LogP contribution >= 0.6 is 0 Å². The lowest BCUT2D eigenvalue weighted by Crippen LogP contribution is -2.36. The smallest absolute Gasteiger partial charge is 0.0446 e. The number of rotatable bonds is 5. The normalized spacial score (nSPS) is 22.3. The first-order chi connectivity index (χ1) is 8.74. The van der Waals surface area contributed by atoms with Gasteiger partial charge in [0.15, 0.2) is 0 Å². The largest absolute Gasteiger partial charge is 0.312 e. The summed E-state index contributed by atoms with van der Waals surface area (Å²) >= 11 is 0. The molecule has 1 aromatic rings. The molecule has 1 aliphatic rings. The summed E-state index contributed by atoms with van der Waals surface area (Å²) in [4.78, 5) is 2.65. The van der Waals surface area contributed by atoms with Crippen molar-refractivity contribution >= 4 is 0 Å². The number of aryl methyl sites for hydroxylation is 1. The van der Waals surface area contributed by atoms with Gasteiger partial charge in [0, 0.05) is 18.6 Å². The summed E-state index contributed by atoms with van der Waals surface area (Å²) < 4.78 is 0. The van der Waals surface area contributed by atoms with Crippen LogP contribution in [0.1, 0.15) is 43.4 Å². The maximum Gasteiger partial charge on any atom is 0.0446 e. The Kier molecular flexibility index (Phi) is 4.79. The van der Waals surface area contributed by atoms with Gasteiger partial charge in [0.2, 0.25) is 0 Å². The van der Waals surface area contributed by atoms with E-state index in [0.717, 1.165) is 12.6 Å². The topological polar surface area (TPSA) is 15.3 Å². The van der Waals surface area contributed by atoms with E-state index in [-0.39, 0.29) is 0 Å². The first kappa shape index (κ1) is 13.6. The molecule has 0 aliphatic carbocycles. The van der Waals surface area contributed by atoms with Gasteiger partial charge in [-0.25, -0.2) is 0 Å². The molecular formula is C16H26N2. The number of likely N-dealkylation sites (N-methyl/N-ethyl adjacent to an activating group) is 1. The van der Waals surface area contributed by atoms with E-state index in [1.165, 1.54) is 36.9 Å². The average molecular weight is 246 g/mol. The molecule has 0 amide bonds. The van der Waals surface area contributed by atoms with Crippen LogP contribution in [0.5, 0.6) is 0 Å². The van der Waals surface area contributed by atoms with E-state index in [4.69, 9.17) is 0 Å². The number of nitrogens with zero attached hydrogens (tertiary/aromatic N) is 1. The van der Waals surface area contributed by atoms with Gasteiger partial charge in [-0.2, -0.15) is 0 Å². The van der Waals surface area contributed by atoms with Crippen LogP contribution in [0.25, 0.3) is 0 Å². The van der Waals surface area contributed by atoms with Gasteiger partial charge in [0.1, 0.15) is 0 Å². The molecule has 2 atom stereocenters. The molecule has 2 unspecified atom stereocenters. The first-order valence-corrected chi connectivity index (χ1v) is 7.22. The van der Waals surface area contributed by atoms with E-state index in [1.807, 2.05) is 0 Å². The summed E-state index contributed by atoms with van der Waals surface area (Å²) in [6, 6.07) is 10.2. The lowest BCUT2D eigenvalue weighted by molar-refractivity contribution is 0.224. The Morgan fingerprint density at radius 2 is 2.06 bits per heavy atom. The van der Waals surface area contributed by atoms with Crippen LogP contribution in [0.4, 0.5) is 0 Å². The summed E-state index contributed by atoms with van der Waals surface area (Å²) in [7, 11) is 2.07. The monoisotopic (exact) mass is 246 g/mol. The number of nitrogens with one attached hydrogen (secondary N) is 1. The highest BCUT2D eigenvalue weighted by molar-refractivity contribution is 5.24. The van der Waals surface area contributed by atoms with Crippen molar-refractivity contribution in [2.75, 3.05) is 20.1 Å².